The van der Waals surface area contributed by atoms with Crippen molar-refractivity contribution in [1.82, 2.24) is 14.4 Å². The summed E-state index contributed by atoms with van der Waals surface area (Å²) in [6.45, 7) is 6.29. The Bertz CT molecular complexity index is 794. The number of aryl methyl sites for hydroxylation is 1. The van der Waals surface area contributed by atoms with E-state index in [0.717, 1.165) is 17.0 Å². The van der Waals surface area contributed by atoms with Crippen LogP contribution in [-0.2, 0) is 0 Å². The van der Waals surface area contributed by atoms with Gasteiger partial charge in [0.05, 0.1) is 11.8 Å². The SMILES string of the molecule is Cc1cc(C(=O)N2CCN(C(=O)c3ccco3)CC2)c(C)n1C1CC1. The Balaban J connectivity index is 1.43. The van der Waals surface area contributed by atoms with Gasteiger partial charge in [0.1, 0.15) is 0 Å². The number of carbonyl (C=O) groups excluding carboxylic acids is 2. The summed E-state index contributed by atoms with van der Waals surface area (Å²) in [5.41, 5.74) is 3.03. The van der Waals surface area contributed by atoms with Crippen molar-refractivity contribution in [2.45, 2.75) is 32.7 Å². The average molecular weight is 341 g/mol. The number of hydrogen-bond donors (Lipinski definition) is 0. The second-order valence-corrected chi connectivity index (χ2v) is 6.95. The lowest BCUT2D eigenvalue weighted by Gasteiger charge is -2.34. The van der Waals surface area contributed by atoms with Gasteiger partial charge in [-0.15, -0.1) is 0 Å². The number of aromatic nitrogens is 1. The molecule has 2 fully saturated rings. The van der Waals surface area contributed by atoms with Crippen molar-refractivity contribution in [2.75, 3.05) is 26.2 Å². The van der Waals surface area contributed by atoms with Gasteiger partial charge in [-0.2, -0.15) is 0 Å². The Hall–Kier alpha value is -2.50. The molecule has 1 saturated heterocycles. The van der Waals surface area contributed by atoms with Crippen LogP contribution in [0.4, 0.5) is 0 Å². The minimum atomic E-state index is -0.107. The molecule has 2 aliphatic rings. The van der Waals surface area contributed by atoms with Gasteiger partial charge < -0.3 is 18.8 Å². The molecule has 0 atom stereocenters. The van der Waals surface area contributed by atoms with Gasteiger partial charge in [0.2, 0.25) is 0 Å². The molecule has 0 aromatic carbocycles. The number of amides is 2. The summed E-state index contributed by atoms with van der Waals surface area (Å²) in [6, 6.07) is 5.97. The van der Waals surface area contributed by atoms with Crippen molar-refractivity contribution < 1.29 is 14.0 Å². The minimum Gasteiger partial charge on any atom is -0.459 e. The van der Waals surface area contributed by atoms with E-state index in [2.05, 4.69) is 11.5 Å². The van der Waals surface area contributed by atoms with Gasteiger partial charge in [-0.25, -0.2) is 0 Å². The number of furan rings is 1. The van der Waals surface area contributed by atoms with Crippen LogP contribution in [0.3, 0.4) is 0 Å². The molecular weight excluding hydrogens is 318 g/mol. The van der Waals surface area contributed by atoms with E-state index in [9.17, 15) is 9.59 Å². The minimum absolute atomic E-state index is 0.0742. The van der Waals surface area contributed by atoms with Crippen LogP contribution in [-0.4, -0.2) is 52.4 Å². The molecule has 3 heterocycles. The number of piperazine rings is 1. The van der Waals surface area contributed by atoms with Gasteiger partial charge in [-0.05, 0) is 44.9 Å². The van der Waals surface area contributed by atoms with Crippen molar-refractivity contribution in [2.24, 2.45) is 0 Å². The molecule has 4 rings (SSSR count). The van der Waals surface area contributed by atoms with Gasteiger partial charge in [-0.3, -0.25) is 9.59 Å². The molecule has 6 nitrogen and oxygen atoms in total. The fourth-order valence-electron chi connectivity index (χ4n) is 3.73. The number of hydrogen-bond acceptors (Lipinski definition) is 3. The highest BCUT2D eigenvalue weighted by Crippen LogP contribution is 2.38. The molecule has 0 bridgehead atoms. The molecule has 2 aromatic heterocycles. The predicted molar refractivity (Wildman–Crippen MR) is 92.7 cm³/mol. The molecule has 0 spiro atoms. The van der Waals surface area contributed by atoms with Crippen LogP contribution in [0.15, 0.2) is 28.9 Å². The lowest BCUT2D eigenvalue weighted by molar-refractivity contribution is 0.0517. The Morgan fingerprint density at radius 3 is 2.24 bits per heavy atom. The summed E-state index contributed by atoms with van der Waals surface area (Å²) in [7, 11) is 0. The van der Waals surface area contributed by atoms with E-state index in [1.165, 1.54) is 19.1 Å². The molecule has 0 unspecified atom stereocenters. The Labute approximate surface area is 147 Å². The zero-order chi connectivity index (χ0) is 17.6. The predicted octanol–water partition coefficient (Wildman–Crippen LogP) is 2.63. The molecule has 2 amide bonds. The van der Waals surface area contributed by atoms with E-state index in [4.69, 9.17) is 4.42 Å². The molecule has 1 saturated carbocycles. The first kappa shape index (κ1) is 16.0. The molecule has 132 valence electrons. The summed E-state index contributed by atoms with van der Waals surface area (Å²) >= 11 is 0. The van der Waals surface area contributed by atoms with E-state index in [1.807, 2.05) is 17.9 Å². The maximum Gasteiger partial charge on any atom is 0.289 e. The first-order valence-corrected chi connectivity index (χ1v) is 8.86. The van der Waals surface area contributed by atoms with Crippen LogP contribution in [0.1, 0.15) is 51.2 Å². The highest BCUT2D eigenvalue weighted by molar-refractivity contribution is 5.96. The summed E-state index contributed by atoms with van der Waals surface area (Å²) in [6.07, 6.45) is 3.91. The zero-order valence-electron chi connectivity index (χ0n) is 14.7. The highest BCUT2D eigenvalue weighted by Gasteiger charge is 2.31. The lowest BCUT2D eigenvalue weighted by Crippen LogP contribution is -2.50. The third kappa shape index (κ3) is 2.86. The van der Waals surface area contributed by atoms with E-state index in [0.29, 0.717) is 38.0 Å². The Morgan fingerprint density at radius 2 is 1.68 bits per heavy atom. The summed E-state index contributed by atoms with van der Waals surface area (Å²) in [5, 5.41) is 0. The molecule has 0 radical (unpaired) electrons. The molecular formula is C19H23N3O3. The third-order valence-electron chi connectivity index (χ3n) is 5.21. The van der Waals surface area contributed by atoms with Crippen LogP contribution in [0.2, 0.25) is 0 Å². The standard InChI is InChI=1S/C19H23N3O3/c1-13-12-16(14(2)22(13)15-5-6-15)18(23)20-7-9-21(10-8-20)19(24)17-4-3-11-25-17/h3-4,11-12,15H,5-10H2,1-2H3. The van der Waals surface area contributed by atoms with E-state index in [-0.39, 0.29) is 11.8 Å². The van der Waals surface area contributed by atoms with E-state index in [1.54, 1.807) is 17.0 Å². The number of carbonyl (C=O) groups is 2. The van der Waals surface area contributed by atoms with Crippen LogP contribution < -0.4 is 0 Å². The van der Waals surface area contributed by atoms with Crippen molar-refractivity contribution >= 4 is 11.8 Å². The number of nitrogens with zero attached hydrogens (tertiary/aromatic N) is 3. The second-order valence-electron chi connectivity index (χ2n) is 6.95. The summed E-state index contributed by atoms with van der Waals surface area (Å²) in [4.78, 5) is 28.8. The maximum atomic E-state index is 12.9. The average Bonchev–Trinajstić information content (AvgIpc) is 3.19. The van der Waals surface area contributed by atoms with Gasteiger partial charge in [0.25, 0.3) is 11.8 Å². The quantitative estimate of drug-likeness (QED) is 0.862. The van der Waals surface area contributed by atoms with Gasteiger partial charge >= 0.3 is 0 Å². The maximum absolute atomic E-state index is 12.9. The summed E-state index contributed by atoms with van der Waals surface area (Å²) < 4.78 is 7.47. The monoisotopic (exact) mass is 341 g/mol. The molecule has 0 N–H and O–H groups in total. The Morgan fingerprint density at radius 1 is 1.04 bits per heavy atom. The normalized spacial score (nSPS) is 17.8. The van der Waals surface area contributed by atoms with Crippen LogP contribution in [0.5, 0.6) is 0 Å². The van der Waals surface area contributed by atoms with Crippen molar-refractivity contribution in [3.05, 3.63) is 47.2 Å². The van der Waals surface area contributed by atoms with Crippen molar-refractivity contribution in [1.29, 1.82) is 0 Å². The van der Waals surface area contributed by atoms with Crippen molar-refractivity contribution in [3.8, 4) is 0 Å². The third-order valence-corrected chi connectivity index (χ3v) is 5.21. The molecule has 6 heteroatoms. The van der Waals surface area contributed by atoms with Crippen LogP contribution >= 0.6 is 0 Å². The Kier molecular flexibility index (Phi) is 3.90. The fourth-order valence-corrected chi connectivity index (χ4v) is 3.73. The molecule has 1 aliphatic carbocycles. The topological polar surface area (TPSA) is 58.7 Å². The van der Waals surface area contributed by atoms with Gasteiger partial charge in [-0.1, -0.05) is 0 Å². The second kappa shape index (κ2) is 6.10. The fraction of sp³-hybridized carbons (Fsp3) is 0.474. The van der Waals surface area contributed by atoms with E-state index >= 15 is 0 Å². The van der Waals surface area contributed by atoms with Crippen LogP contribution in [0, 0.1) is 13.8 Å². The smallest absolute Gasteiger partial charge is 0.289 e. The largest absolute Gasteiger partial charge is 0.459 e. The zero-order valence-corrected chi connectivity index (χ0v) is 14.7. The first-order valence-electron chi connectivity index (χ1n) is 8.86. The highest BCUT2D eigenvalue weighted by atomic mass is 16.3. The molecule has 25 heavy (non-hydrogen) atoms. The van der Waals surface area contributed by atoms with Crippen LogP contribution in [0.25, 0.3) is 0 Å². The van der Waals surface area contributed by atoms with Gasteiger partial charge in [0, 0.05) is 43.6 Å². The lowest BCUT2D eigenvalue weighted by atomic mass is 10.2. The number of rotatable bonds is 3. The van der Waals surface area contributed by atoms with Crippen molar-refractivity contribution in [3.63, 3.8) is 0 Å². The first-order chi connectivity index (χ1) is 12.1. The van der Waals surface area contributed by atoms with Gasteiger partial charge in [0.15, 0.2) is 5.76 Å². The van der Waals surface area contributed by atoms with E-state index < -0.39 is 0 Å². The molecule has 2 aromatic rings. The summed E-state index contributed by atoms with van der Waals surface area (Å²) in [5.74, 6) is 0.321. The molecule has 1 aliphatic heterocycles.